The van der Waals surface area contributed by atoms with Gasteiger partial charge in [0.2, 0.25) is 0 Å². The van der Waals surface area contributed by atoms with E-state index in [4.69, 9.17) is 0 Å². The average Bonchev–Trinajstić information content (AvgIpc) is 3.16. The van der Waals surface area contributed by atoms with E-state index in [0.717, 1.165) is 0 Å². The summed E-state index contributed by atoms with van der Waals surface area (Å²) in [4.78, 5) is 0. The average molecular weight is 595 g/mol. The first-order chi connectivity index (χ1) is 22.3. The Morgan fingerprint density at radius 2 is 0.400 bits per heavy atom. The summed E-state index contributed by atoms with van der Waals surface area (Å²) in [7, 11) is 0. The minimum atomic E-state index is 1.25. The monoisotopic (exact) mass is 594 g/mol. The number of hydrogen-bond acceptors (Lipinski definition) is 0. The highest BCUT2D eigenvalue weighted by molar-refractivity contribution is 5.74. The van der Waals surface area contributed by atoms with Gasteiger partial charge in [-0.25, -0.2) is 0 Å². The lowest BCUT2D eigenvalue weighted by Gasteiger charge is -2.05. The highest BCUT2D eigenvalue weighted by Gasteiger charge is 2.01. The molecule has 0 aliphatic rings. The molecule has 0 radical (unpaired) electrons. The van der Waals surface area contributed by atoms with Crippen LogP contribution in [0.4, 0.5) is 0 Å². The third-order valence-corrected chi connectivity index (χ3v) is 6.15. The minimum Gasteiger partial charge on any atom is -0.0683 e. The number of benzene rings is 6. The maximum atomic E-state index is 2.24. The molecule has 0 unspecified atom stereocenters. The van der Waals surface area contributed by atoms with Crippen molar-refractivity contribution in [3.8, 4) is 44.5 Å². The van der Waals surface area contributed by atoms with Crippen molar-refractivity contribution >= 4 is 0 Å². The first-order valence-corrected chi connectivity index (χ1v) is 16.7. The molecular formula is C45H54. The molecule has 0 heterocycles. The Bertz CT molecular complexity index is 1270. The summed E-state index contributed by atoms with van der Waals surface area (Å²) in [5, 5.41) is 0. The van der Waals surface area contributed by atoms with Crippen molar-refractivity contribution in [2.24, 2.45) is 0 Å². The fourth-order valence-corrected chi connectivity index (χ4v) is 4.28. The largest absolute Gasteiger partial charge is 0.0683 e. The quantitative estimate of drug-likeness (QED) is 0.190. The zero-order valence-electron chi connectivity index (χ0n) is 28.9. The zero-order valence-corrected chi connectivity index (χ0v) is 28.9. The lowest BCUT2D eigenvalue weighted by Crippen LogP contribution is -1.80. The fraction of sp³-hybridized carbons (Fsp3) is 0.200. The van der Waals surface area contributed by atoms with E-state index in [1.165, 1.54) is 50.9 Å². The minimum absolute atomic E-state index is 1.25. The van der Waals surface area contributed by atoms with Gasteiger partial charge in [-0.15, -0.1) is 0 Å². The number of hydrogen-bond donors (Lipinski definition) is 0. The normalized spacial score (nSPS) is 8.98. The molecule has 0 nitrogen and oxygen atoms in total. The summed E-state index contributed by atoms with van der Waals surface area (Å²) in [5.41, 5.74) is 10.1. The van der Waals surface area contributed by atoms with Crippen molar-refractivity contribution in [1.82, 2.24) is 0 Å². The van der Waals surface area contributed by atoms with Crippen molar-refractivity contribution in [1.29, 1.82) is 0 Å². The standard InChI is InChI=1S/2C18H14.C3H8.3C2H6/c2*1-3-8-15(9-4-1)17-12-7-13-18(14-17)16-10-5-2-6-11-16;1-3-2;3*1-2/h2*1-14H;3H2,1-2H3;3*1-2H3. The second kappa shape index (κ2) is 24.7. The molecule has 0 N–H and O–H groups in total. The van der Waals surface area contributed by atoms with Gasteiger partial charge in [0.1, 0.15) is 0 Å². The molecule has 0 heteroatoms. The number of rotatable bonds is 4. The smallest absolute Gasteiger partial charge is 0.0178 e. The molecule has 6 rings (SSSR count). The third kappa shape index (κ3) is 13.7. The van der Waals surface area contributed by atoms with E-state index in [1.54, 1.807) is 0 Å². The Balaban J connectivity index is 0.000000360. The summed E-state index contributed by atoms with van der Waals surface area (Å²) in [6, 6.07) is 59.3. The molecule has 0 aliphatic heterocycles. The van der Waals surface area contributed by atoms with Gasteiger partial charge < -0.3 is 0 Å². The van der Waals surface area contributed by atoms with Gasteiger partial charge in [0.05, 0.1) is 0 Å². The van der Waals surface area contributed by atoms with Crippen molar-refractivity contribution in [3.63, 3.8) is 0 Å². The summed E-state index contributed by atoms with van der Waals surface area (Å²) in [6.07, 6.45) is 1.25. The van der Waals surface area contributed by atoms with Crippen molar-refractivity contribution in [2.75, 3.05) is 0 Å². The van der Waals surface area contributed by atoms with Crippen LogP contribution in [0.15, 0.2) is 170 Å². The Hall–Kier alpha value is -4.68. The first-order valence-electron chi connectivity index (χ1n) is 16.7. The van der Waals surface area contributed by atoms with E-state index in [-0.39, 0.29) is 0 Å². The van der Waals surface area contributed by atoms with Gasteiger partial charge in [0, 0.05) is 0 Å². The Morgan fingerprint density at radius 1 is 0.244 bits per heavy atom. The van der Waals surface area contributed by atoms with Gasteiger partial charge in [-0.3, -0.25) is 0 Å². The molecule has 0 aromatic heterocycles. The van der Waals surface area contributed by atoms with Crippen LogP contribution in [0.2, 0.25) is 0 Å². The maximum Gasteiger partial charge on any atom is -0.0178 e. The van der Waals surface area contributed by atoms with Crippen LogP contribution in [0.1, 0.15) is 61.8 Å². The zero-order chi connectivity index (χ0) is 33.1. The molecule has 0 amide bonds. The van der Waals surface area contributed by atoms with Gasteiger partial charge in [0.25, 0.3) is 0 Å². The van der Waals surface area contributed by atoms with E-state index >= 15 is 0 Å². The Morgan fingerprint density at radius 3 is 0.578 bits per heavy atom. The van der Waals surface area contributed by atoms with Gasteiger partial charge in [-0.1, -0.05) is 220 Å². The van der Waals surface area contributed by atoms with Crippen molar-refractivity contribution < 1.29 is 0 Å². The highest BCUT2D eigenvalue weighted by Crippen LogP contribution is 2.27. The van der Waals surface area contributed by atoms with Crippen LogP contribution in [0.25, 0.3) is 44.5 Å². The summed E-state index contributed by atoms with van der Waals surface area (Å²) < 4.78 is 0. The van der Waals surface area contributed by atoms with Crippen LogP contribution < -0.4 is 0 Å². The molecule has 0 spiro atoms. The van der Waals surface area contributed by atoms with Crippen LogP contribution >= 0.6 is 0 Å². The van der Waals surface area contributed by atoms with E-state index in [1.807, 2.05) is 65.8 Å². The summed E-state index contributed by atoms with van der Waals surface area (Å²) in [5.74, 6) is 0. The SMILES string of the molecule is CC.CC.CC.CCC.c1ccc(-c2cccc(-c3ccccc3)c2)cc1.c1ccc(-c2cccc(-c3ccccc3)c2)cc1. The first kappa shape index (κ1) is 38.3. The predicted octanol–water partition coefficient (Wildman–Crippen LogP) is 14.5. The molecule has 0 saturated carbocycles. The molecule has 234 valence electrons. The van der Waals surface area contributed by atoms with E-state index < -0.39 is 0 Å². The topological polar surface area (TPSA) is 0 Å². The van der Waals surface area contributed by atoms with E-state index in [0.29, 0.717) is 0 Å². The van der Waals surface area contributed by atoms with Crippen LogP contribution in [-0.4, -0.2) is 0 Å². The van der Waals surface area contributed by atoms with E-state index in [2.05, 4.69) is 159 Å². The molecular weight excluding hydrogens is 540 g/mol. The Labute approximate surface area is 275 Å². The molecule has 6 aromatic rings. The van der Waals surface area contributed by atoms with Crippen LogP contribution in [0.5, 0.6) is 0 Å². The molecule has 0 bridgehead atoms. The molecule has 0 atom stereocenters. The summed E-state index contributed by atoms with van der Waals surface area (Å²) in [6.45, 7) is 16.2. The lowest BCUT2D eigenvalue weighted by atomic mass is 9.99. The van der Waals surface area contributed by atoms with Crippen molar-refractivity contribution in [3.05, 3.63) is 170 Å². The predicted molar refractivity (Wildman–Crippen MR) is 205 cm³/mol. The molecule has 0 aliphatic carbocycles. The fourth-order valence-electron chi connectivity index (χ4n) is 4.28. The van der Waals surface area contributed by atoms with Gasteiger partial charge in [0.15, 0.2) is 0 Å². The molecule has 0 saturated heterocycles. The lowest BCUT2D eigenvalue weighted by molar-refractivity contribution is 1.09. The Kier molecular flexibility index (Phi) is 21.1. The maximum absolute atomic E-state index is 2.24. The highest BCUT2D eigenvalue weighted by atomic mass is 14.1. The third-order valence-electron chi connectivity index (χ3n) is 6.15. The molecule has 6 aromatic carbocycles. The van der Waals surface area contributed by atoms with Gasteiger partial charge in [-0.2, -0.15) is 0 Å². The second-order valence-electron chi connectivity index (χ2n) is 9.33. The second-order valence-corrected chi connectivity index (χ2v) is 9.33. The van der Waals surface area contributed by atoms with Crippen LogP contribution in [0, 0.1) is 0 Å². The van der Waals surface area contributed by atoms with Crippen molar-refractivity contribution in [2.45, 2.75) is 61.8 Å². The van der Waals surface area contributed by atoms with Crippen LogP contribution in [-0.2, 0) is 0 Å². The van der Waals surface area contributed by atoms with E-state index in [9.17, 15) is 0 Å². The van der Waals surface area contributed by atoms with Crippen LogP contribution in [0.3, 0.4) is 0 Å². The molecule has 45 heavy (non-hydrogen) atoms. The van der Waals surface area contributed by atoms with Gasteiger partial charge in [-0.05, 0) is 56.6 Å². The summed E-state index contributed by atoms with van der Waals surface area (Å²) >= 11 is 0. The molecule has 0 fully saturated rings. The van der Waals surface area contributed by atoms with Gasteiger partial charge >= 0.3 is 0 Å².